The Kier molecular flexibility index (Phi) is 4.95. The molecule has 0 radical (unpaired) electrons. The predicted molar refractivity (Wildman–Crippen MR) is 113 cm³/mol. The average Bonchev–Trinajstić information content (AvgIpc) is 3.00. The van der Waals surface area contributed by atoms with Crippen molar-refractivity contribution in [2.24, 2.45) is 0 Å². The maximum atomic E-state index is 12.6. The highest BCUT2D eigenvalue weighted by atomic mass is 32.1. The maximum Gasteiger partial charge on any atom is 0.296 e. The third-order valence-corrected chi connectivity index (χ3v) is 5.26. The number of rotatable bonds is 4. The van der Waals surface area contributed by atoms with E-state index in [1.165, 1.54) is 4.52 Å². The molecular weight excluding hydrogens is 370 g/mol. The molecule has 2 aromatic carbocycles. The van der Waals surface area contributed by atoms with Crippen LogP contribution in [0.25, 0.3) is 17.1 Å². The molecule has 4 aromatic rings. The van der Waals surface area contributed by atoms with Crippen LogP contribution < -0.4 is 15.7 Å². The van der Waals surface area contributed by atoms with E-state index >= 15 is 0 Å². The zero-order chi connectivity index (χ0) is 19.5. The van der Waals surface area contributed by atoms with Crippen LogP contribution in [0.15, 0.2) is 70.3 Å². The van der Waals surface area contributed by atoms with Crippen molar-refractivity contribution in [3.8, 4) is 0 Å². The molecule has 0 fully saturated rings. The molecule has 5 nitrogen and oxygen atoms in total. The second kappa shape index (κ2) is 7.70. The molecule has 0 aliphatic carbocycles. The standard InChI is InChI=1S/C22H17N3O2S/c1-15-10-12-17(13-11-15)14-18-20(26)23-22-25(24-18)21(27)19(28-22)9-5-8-16-6-3-2-4-7-16/h2-13H,14H2,1H3/b8-5+,19-9-. The van der Waals surface area contributed by atoms with Crippen LogP contribution in [0.3, 0.4) is 0 Å². The van der Waals surface area contributed by atoms with E-state index in [4.69, 9.17) is 0 Å². The fourth-order valence-electron chi connectivity index (χ4n) is 2.78. The molecule has 0 spiro atoms. The van der Waals surface area contributed by atoms with Crippen molar-refractivity contribution >= 4 is 28.4 Å². The molecule has 0 N–H and O–H groups in total. The molecular formula is C22H17N3O2S. The summed E-state index contributed by atoms with van der Waals surface area (Å²) in [6.07, 6.45) is 5.79. The molecule has 0 aliphatic rings. The summed E-state index contributed by atoms with van der Waals surface area (Å²) in [4.78, 5) is 29.3. The van der Waals surface area contributed by atoms with Gasteiger partial charge in [-0.1, -0.05) is 83.6 Å². The molecule has 28 heavy (non-hydrogen) atoms. The molecule has 2 aromatic heterocycles. The second-order valence-corrected chi connectivity index (χ2v) is 7.44. The van der Waals surface area contributed by atoms with Gasteiger partial charge in [-0.05, 0) is 24.1 Å². The quantitative estimate of drug-likeness (QED) is 0.540. The Bertz CT molecular complexity index is 1320. The number of aromatic nitrogens is 3. The topological polar surface area (TPSA) is 64.3 Å². The summed E-state index contributed by atoms with van der Waals surface area (Å²) in [7, 11) is 0. The zero-order valence-corrected chi connectivity index (χ0v) is 16.0. The maximum absolute atomic E-state index is 12.6. The Morgan fingerprint density at radius 3 is 2.54 bits per heavy atom. The van der Waals surface area contributed by atoms with Crippen molar-refractivity contribution in [3.63, 3.8) is 0 Å². The summed E-state index contributed by atoms with van der Waals surface area (Å²) in [5.74, 6) is 0. The Balaban J connectivity index is 1.70. The number of hydrogen-bond donors (Lipinski definition) is 0. The molecule has 0 aliphatic heterocycles. The number of fused-ring (bicyclic) bond motifs is 1. The first-order valence-corrected chi connectivity index (χ1v) is 9.63. The van der Waals surface area contributed by atoms with Crippen LogP contribution in [0.1, 0.15) is 22.4 Å². The smallest absolute Gasteiger partial charge is 0.266 e. The first-order chi connectivity index (χ1) is 13.6. The molecule has 0 amide bonds. The van der Waals surface area contributed by atoms with E-state index in [0.717, 1.165) is 28.0 Å². The van der Waals surface area contributed by atoms with Crippen molar-refractivity contribution < 1.29 is 0 Å². The van der Waals surface area contributed by atoms with E-state index < -0.39 is 5.56 Å². The van der Waals surface area contributed by atoms with Gasteiger partial charge in [0.1, 0.15) is 5.69 Å². The van der Waals surface area contributed by atoms with E-state index in [-0.39, 0.29) is 11.3 Å². The van der Waals surface area contributed by atoms with E-state index in [1.807, 2.05) is 73.7 Å². The van der Waals surface area contributed by atoms with Crippen molar-refractivity contribution in [2.75, 3.05) is 0 Å². The van der Waals surface area contributed by atoms with Gasteiger partial charge in [0, 0.05) is 6.42 Å². The van der Waals surface area contributed by atoms with E-state index in [9.17, 15) is 9.59 Å². The Hall–Kier alpha value is -3.38. The first kappa shape index (κ1) is 18.0. The molecule has 0 bridgehead atoms. The van der Waals surface area contributed by atoms with Crippen LogP contribution in [0.4, 0.5) is 0 Å². The Morgan fingerprint density at radius 1 is 1.04 bits per heavy atom. The monoisotopic (exact) mass is 387 g/mol. The molecule has 0 saturated carbocycles. The Morgan fingerprint density at radius 2 is 1.79 bits per heavy atom. The van der Waals surface area contributed by atoms with Gasteiger partial charge in [0.05, 0.1) is 4.53 Å². The molecule has 0 unspecified atom stereocenters. The third-order valence-electron chi connectivity index (χ3n) is 4.28. The summed E-state index contributed by atoms with van der Waals surface area (Å²) in [5, 5.41) is 4.27. The minimum Gasteiger partial charge on any atom is -0.266 e. The van der Waals surface area contributed by atoms with E-state index in [2.05, 4.69) is 10.1 Å². The number of benzene rings is 2. The van der Waals surface area contributed by atoms with Gasteiger partial charge in [-0.25, -0.2) is 0 Å². The van der Waals surface area contributed by atoms with Crippen LogP contribution in [0.2, 0.25) is 0 Å². The van der Waals surface area contributed by atoms with Crippen LogP contribution in [-0.2, 0) is 6.42 Å². The molecule has 6 heteroatoms. The minimum absolute atomic E-state index is 0.266. The van der Waals surface area contributed by atoms with Gasteiger partial charge in [-0.2, -0.15) is 14.6 Å². The summed E-state index contributed by atoms with van der Waals surface area (Å²) < 4.78 is 1.71. The Labute approximate surface area is 164 Å². The fraction of sp³-hybridized carbons (Fsp3) is 0.0909. The van der Waals surface area contributed by atoms with Crippen molar-refractivity contribution in [1.82, 2.24) is 14.6 Å². The second-order valence-electron chi connectivity index (χ2n) is 6.43. The van der Waals surface area contributed by atoms with Crippen LogP contribution in [0.5, 0.6) is 0 Å². The van der Waals surface area contributed by atoms with E-state index in [0.29, 0.717) is 15.9 Å². The van der Waals surface area contributed by atoms with Gasteiger partial charge in [-0.3, -0.25) is 9.59 Å². The summed E-state index contributed by atoms with van der Waals surface area (Å²) in [5.41, 5.74) is 2.74. The van der Waals surface area contributed by atoms with Gasteiger partial charge in [0.15, 0.2) is 0 Å². The van der Waals surface area contributed by atoms with E-state index in [1.54, 1.807) is 6.08 Å². The highest BCUT2D eigenvalue weighted by Crippen LogP contribution is 2.07. The van der Waals surface area contributed by atoms with Crippen LogP contribution in [-0.4, -0.2) is 14.6 Å². The van der Waals surface area contributed by atoms with Crippen molar-refractivity contribution in [2.45, 2.75) is 13.3 Å². The lowest BCUT2D eigenvalue weighted by Gasteiger charge is -2.01. The van der Waals surface area contributed by atoms with Crippen molar-refractivity contribution in [3.05, 3.63) is 108 Å². The van der Waals surface area contributed by atoms with Gasteiger partial charge in [0.2, 0.25) is 4.96 Å². The van der Waals surface area contributed by atoms with Crippen LogP contribution >= 0.6 is 11.3 Å². The lowest BCUT2D eigenvalue weighted by Crippen LogP contribution is -2.27. The highest BCUT2D eigenvalue weighted by Gasteiger charge is 2.11. The van der Waals surface area contributed by atoms with Crippen molar-refractivity contribution in [1.29, 1.82) is 0 Å². The summed E-state index contributed by atoms with van der Waals surface area (Å²) in [6, 6.07) is 17.7. The first-order valence-electron chi connectivity index (χ1n) is 8.82. The highest BCUT2D eigenvalue weighted by molar-refractivity contribution is 7.15. The van der Waals surface area contributed by atoms with Gasteiger partial charge in [-0.15, -0.1) is 0 Å². The average molecular weight is 387 g/mol. The van der Waals surface area contributed by atoms with Crippen LogP contribution in [0, 0.1) is 6.92 Å². The number of thiazole rings is 1. The zero-order valence-electron chi connectivity index (χ0n) is 15.2. The SMILES string of the molecule is Cc1ccc(Cc2nn3c(=O)/c(=C/C=C/c4ccccc4)sc3nc2=O)cc1. The molecule has 2 heterocycles. The van der Waals surface area contributed by atoms with Gasteiger partial charge < -0.3 is 0 Å². The largest absolute Gasteiger partial charge is 0.296 e. The molecule has 0 saturated heterocycles. The predicted octanol–water partition coefficient (Wildman–Crippen LogP) is 2.62. The normalized spacial score (nSPS) is 12.2. The molecule has 4 rings (SSSR count). The summed E-state index contributed by atoms with van der Waals surface area (Å²) in [6.45, 7) is 2.00. The molecule has 138 valence electrons. The number of nitrogens with zero attached hydrogens (tertiary/aromatic N) is 3. The third kappa shape index (κ3) is 3.82. The number of hydrogen-bond acceptors (Lipinski definition) is 5. The lowest BCUT2D eigenvalue weighted by atomic mass is 10.1. The van der Waals surface area contributed by atoms with Gasteiger partial charge in [0.25, 0.3) is 11.1 Å². The summed E-state index contributed by atoms with van der Waals surface area (Å²) >= 11 is 1.16. The number of allylic oxidation sites excluding steroid dienone is 1. The lowest BCUT2D eigenvalue weighted by molar-refractivity contribution is 0.811. The van der Waals surface area contributed by atoms with Gasteiger partial charge >= 0.3 is 0 Å². The fourth-order valence-corrected chi connectivity index (χ4v) is 3.63. The molecule has 0 atom stereocenters. The number of aryl methyl sites for hydroxylation is 1. The minimum atomic E-state index is -0.395.